The summed E-state index contributed by atoms with van der Waals surface area (Å²) in [5.74, 6) is -1.45. The van der Waals surface area contributed by atoms with Crippen molar-refractivity contribution in [1.82, 2.24) is 0 Å². The molecule has 4 heteroatoms. The maximum Gasteiger partial charge on any atom is 0.307 e. The molecule has 0 aromatic heterocycles. The Balaban J connectivity index is 3.01. The monoisotopic (exact) mass is 246 g/mol. The molecule has 0 atom stereocenters. The Hall–Kier alpha value is -0.900. The molecule has 0 radical (unpaired) electrons. The summed E-state index contributed by atoms with van der Waals surface area (Å²) >= 11 is 3.12. The molecule has 70 valence electrons. The number of halogens is 2. The smallest absolute Gasteiger partial charge is 0.307 e. The van der Waals surface area contributed by atoms with Crippen LogP contribution in [0.25, 0.3) is 0 Å². The summed E-state index contributed by atoms with van der Waals surface area (Å²) in [4.78, 5) is 10.3. The number of hydrogen-bond donors (Lipinski definition) is 1. The van der Waals surface area contributed by atoms with E-state index in [0.717, 1.165) is 0 Å². The molecule has 0 amide bonds. The minimum atomic E-state index is -1.02. The molecule has 0 saturated carbocycles. The highest BCUT2D eigenvalue weighted by atomic mass is 79.9. The van der Waals surface area contributed by atoms with Crippen molar-refractivity contribution in [3.63, 3.8) is 0 Å². The zero-order chi connectivity index (χ0) is 9.84. The molecule has 1 N–H and O–H groups in total. The van der Waals surface area contributed by atoms with Crippen LogP contribution < -0.4 is 0 Å². The van der Waals surface area contributed by atoms with Crippen molar-refractivity contribution in [2.45, 2.75) is 11.8 Å². The summed E-state index contributed by atoms with van der Waals surface area (Å²) in [5, 5.41) is 8.87. The van der Waals surface area contributed by atoms with Crippen LogP contribution in [0.15, 0.2) is 18.2 Å². The van der Waals surface area contributed by atoms with Crippen LogP contribution in [-0.2, 0) is 16.5 Å². The number of alkyl halides is 1. The molecule has 0 aliphatic rings. The number of aliphatic carboxylic acids is 1. The molecule has 0 saturated heterocycles. The second kappa shape index (κ2) is 4.37. The summed E-state index contributed by atoms with van der Waals surface area (Å²) in [7, 11) is 0. The second-order valence-corrected chi connectivity index (χ2v) is 3.16. The van der Waals surface area contributed by atoms with Crippen molar-refractivity contribution >= 4 is 21.9 Å². The predicted molar refractivity (Wildman–Crippen MR) is 50.4 cm³/mol. The van der Waals surface area contributed by atoms with Crippen LogP contribution in [0, 0.1) is 5.82 Å². The molecule has 1 rings (SSSR count). The minimum Gasteiger partial charge on any atom is -0.481 e. The Morgan fingerprint density at radius 1 is 1.46 bits per heavy atom. The van der Waals surface area contributed by atoms with Crippen LogP contribution in [0.3, 0.4) is 0 Å². The van der Waals surface area contributed by atoms with E-state index in [-0.39, 0.29) is 12.0 Å². The summed E-state index contributed by atoms with van der Waals surface area (Å²) in [6.45, 7) is 0. The third-order valence-corrected chi connectivity index (χ3v) is 2.25. The predicted octanol–water partition coefficient (Wildman–Crippen LogP) is 2.35. The van der Waals surface area contributed by atoms with Gasteiger partial charge < -0.3 is 5.11 Å². The number of benzene rings is 1. The van der Waals surface area contributed by atoms with Crippen LogP contribution in [0.1, 0.15) is 11.1 Å². The first kappa shape index (κ1) is 10.2. The van der Waals surface area contributed by atoms with Crippen molar-refractivity contribution in [1.29, 1.82) is 0 Å². The molecule has 13 heavy (non-hydrogen) atoms. The van der Waals surface area contributed by atoms with Crippen LogP contribution in [-0.4, -0.2) is 11.1 Å². The highest BCUT2D eigenvalue weighted by molar-refractivity contribution is 9.08. The standard InChI is InChI=1S/C9H8BrFO2/c10-5-7-3-1-2-6(9(7)11)4-8(12)13/h1-3H,4-5H2,(H,12,13). The summed E-state index contributed by atoms with van der Waals surface area (Å²) < 4.78 is 13.3. The van der Waals surface area contributed by atoms with E-state index < -0.39 is 11.8 Å². The largest absolute Gasteiger partial charge is 0.481 e. The first-order valence-electron chi connectivity index (χ1n) is 3.69. The van der Waals surface area contributed by atoms with Crippen molar-refractivity contribution < 1.29 is 14.3 Å². The van der Waals surface area contributed by atoms with E-state index in [9.17, 15) is 9.18 Å². The van der Waals surface area contributed by atoms with Gasteiger partial charge in [0.1, 0.15) is 5.82 Å². The lowest BCUT2D eigenvalue weighted by atomic mass is 10.1. The van der Waals surface area contributed by atoms with Gasteiger partial charge in [-0.15, -0.1) is 0 Å². The summed E-state index contributed by atoms with van der Waals surface area (Å²) in [6, 6.07) is 4.75. The fraction of sp³-hybridized carbons (Fsp3) is 0.222. The molecule has 0 aliphatic carbocycles. The van der Waals surface area contributed by atoms with E-state index in [2.05, 4.69) is 15.9 Å². The molecular formula is C9H8BrFO2. The van der Waals surface area contributed by atoms with E-state index in [1.165, 1.54) is 6.07 Å². The average Bonchev–Trinajstić information content (AvgIpc) is 2.08. The number of carboxylic acid groups (broad SMARTS) is 1. The van der Waals surface area contributed by atoms with Crippen molar-refractivity contribution in [2.75, 3.05) is 0 Å². The Morgan fingerprint density at radius 2 is 2.08 bits per heavy atom. The zero-order valence-corrected chi connectivity index (χ0v) is 8.34. The molecule has 0 spiro atoms. The lowest BCUT2D eigenvalue weighted by Crippen LogP contribution is -2.03. The molecule has 1 aromatic carbocycles. The Morgan fingerprint density at radius 3 is 2.62 bits per heavy atom. The lowest BCUT2D eigenvalue weighted by Gasteiger charge is -2.03. The van der Waals surface area contributed by atoms with Crippen molar-refractivity contribution in [3.05, 3.63) is 35.1 Å². The first-order chi connectivity index (χ1) is 6.15. The number of carbonyl (C=O) groups is 1. The van der Waals surface area contributed by atoms with Gasteiger partial charge in [-0.2, -0.15) is 0 Å². The number of rotatable bonds is 3. The zero-order valence-electron chi connectivity index (χ0n) is 6.76. The van der Waals surface area contributed by atoms with Crippen LogP contribution in [0.4, 0.5) is 4.39 Å². The molecule has 0 aliphatic heterocycles. The molecule has 0 heterocycles. The van der Waals surface area contributed by atoms with Gasteiger partial charge in [0.25, 0.3) is 0 Å². The van der Waals surface area contributed by atoms with Crippen LogP contribution >= 0.6 is 15.9 Å². The second-order valence-electron chi connectivity index (χ2n) is 2.59. The van der Waals surface area contributed by atoms with Gasteiger partial charge in [0.05, 0.1) is 6.42 Å². The molecule has 0 bridgehead atoms. The van der Waals surface area contributed by atoms with Crippen molar-refractivity contribution in [3.8, 4) is 0 Å². The van der Waals surface area contributed by atoms with Gasteiger partial charge in [0.2, 0.25) is 0 Å². The number of hydrogen-bond acceptors (Lipinski definition) is 1. The van der Waals surface area contributed by atoms with E-state index in [0.29, 0.717) is 10.9 Å². The summed E-state index contributed by atoms with van der Waals surface area (Å²) in [6.07, 6.45) is -0.271. The molecular weight excluding hydrogens is 239 g/mol. The Bertz CT molecular complexity index is 325. The van der Waals surface area contributed by atoms with Gasteiger partial charge >= 0.3 is 5.97 Å². The third kappa shape index (κ3) is 2.52. The highest BCUT2D eigenvalue weighted by Crippen LogP contribution is 2.15. The van der Waals surface area contributed by atoms with E-state index >= 15 is 0 Å². The lowest BCUT2D eigenvalue weighted by molar-refractivity contribution is -0.136. The highest BCUT2D eigenvalue weighted by Gasteiger charge is 2.09. The average molecular weight is 247 g/mol. The molecule has 0 fully saturated rings. The van der Waals surface area contributed by atoms with E-state index in [1.807, 2.05) is 0 Å². The Kier molecular flexibility index (Phi) is 3.42. The fourth-order valence-electron chi connectivity index (χ4n) is 1.04. The number of carboxylic acids is 1. The Labute approximate surface area is 83.5 Å². The normalized spacial score (nSPS) is 10.0. The molecule has 0 unspecified atom stereocenters. The third-order valence-electron chi connectivity index (χ3n) is 1.64. The van der Waals surface area contributed by atoms with Gasteiger partial charge in [0, 0.05) is 5.33 Å². The van der Waals surface area contributed by atoms with E-state index in [1.54, 1.807) is 12.1 Å². The quantitative estimate of drug-likeness (QED) is 0.832. The van der Waals surface area contributed by atoms with Gasteiger partial charge in [-0.25, -0.2) is 4.39 Å². The first-order valence-corrected chi connectivity index (χ1v) is 4.81. The van der Waals surface area contributed by atoms with Crippen LogP contribution in [0.5, 0.6) is 0 Å². The fourth-order valence-corrected chi connectivity index (χ4v) is 1.47. The van der Waals surface area contributed by atoms with Crippen LogP contribution in [0.2, 0.25) is 0 Å². The van der Waals surface area contributed by atoms with Gasteiger partial charge in [-0.1, -0.05) is 34.1 Å². The van der Waals surface area contributed by atoms with Gasteiger partial charge in [-0.05, 0) is 11.1 Å². The SMILES string of the molecule is O=C(O)Cc1cccc(CBr)c1F. The van der Waals surface area contributed by atoms with E-state index in [4.69, 9.17) is 5.11 Å². The van der Waals surface area contributed by atoms with Gasteiger partial charge in [0.15, 0.2) is 0 Å². The maximum absolute atomic E-state index is 13.3. The summed E-state index contributed by atoms with van der Waals surface area (Å²) in [5.41, 5.74) is 0.711. The minimum absolute atomic E-state index is 0.226. The van der Waals surface area contributed by atoms with Gasteiger partial charge in [-0.3, -0.25) is 4.79 Å². The molecule has 1 aromatic rings. The topological polar surface area (TPSA) is 37.3 Å². The molecule has 2 nitrogen and oxygen atoms in total. The van der Waals surface area contributed by atoms with Crippen molar-refractivity contribution in [2.24, 2.45) is 0 Å². The maximum atomic E-state index is 13.3.